The minimum atomic E-state index is 0.287. The molecular weight excluding hydrogens is 238 g/mol. The van der Waals surface area contributed by atoms with Crippen LogP contribution in [0.5, 0.6) is 0 Å². The Balaban J connectivity index is 2.33. The predicted molar refractivity (Wildman–Crippen MR) is 70.5 cm³/mol. The molecule has 1 aromatic rings. The Morgan fingerprint density at radius 1 is 1.24 bits per heavy atom. The maximum atomic E-state index is 8.65. The summed E-state index contributed by atoms with van der Waals surface area (Å²) >= 11 is 5.99. The van der Waals surface area contributed by atoms with Gasteiger partial charge in [-0.2, -0.15) is 0 Å². The van der Waals surface area contributed by atoms with Crippen molar-refractivity contribution < 1.29 is 5.11 Å². The monoisotopic (exact) mass is 257 g/mol. The fourth-order valence-corrected chi connectivity index (χ4v) is 1.92. The van der Waals surface area contributed by atoms with Crippen molar-refractivity contribution in [1.82, 2.24) is 9.97 Å². The van der Waals surface area contributed by atoms with E-state index in [9.17, 15) is 0 Å². The third-order valence-corrected chi connectivity index (χ3v) is 2.95. The summed E-state index contributed by atoms with van der Waals surface area (Å²) in [4.78, 5) is 8.16. The van der Waals surface area contributed by atoms with Crippen LogP contribution in [0.25, 0.3) is 0 Å². The number of nitrogens with one attached hydrogen (secondary N) is 1. The first-order valence-electron chi connectivity index (χ1n) is 6.13. The lowest BCUT2D eigenvalue weighted by Crippen LogP contribution is -2.07. The number of halogens is 1. The molecule has 0 bridgehead atoms. The van der Waals surface area contributed by atoms with Crippen molar-refractivity contribution in [3.05, 3.63) is 17.0 Å². The van der Waals surface area contributed by atoms with E-state index in [1.54, 1.807) is 0 Å². The van der Waals surface area contributed by atoms with Gasteiger partial charge in [-0.25, -0.2) is 9.97 Å². The van der Waals surface area contributed by atoms with Crippen LogP contribution in [-0.2, 0) is 6.42 Å². The number of aromatic nitrogens is 2. The van der Waals surface area contributed by atoms with Crippen LogP contribution < -0.4 is 5.32 Å². The van der Waals surface area contributed by atoms with E-state index < -0.39 is 0 Å². The number of aliphatic hydroxyl groups is 1. The summed E-state index contributed by atoms with van der Waals surface area (Å²) in [6.45, 7) is 3.21. The standard InChI is InChI=1S/C12H20ClN3O/c1-2-10-11(13)15-9-16-12(10)14-7-5-3-4-6-8-17/h9,17H,2-8H2,1H3,(H,14,15,16). The van der Waals surface area contributed by atoms with Gasteiger partial charge in [0, 0.05) is 18.7 Å². The lowest BCUT2D eigenvalue weighted by Gasteiger charge is -2.10. The lowest BCUT2D eigenvalue weighted by atomic mass is 10.2. The molecule has 0 aliphatic carbocycles. The minimum absolute atomic E-state index is 0.287. The SMILES string of the molecule is CCc1c(Cl)ncnc1NCCCCCCO. The minimum Gasteiger partial charge on any atom is -0.396 e. The summed E-state index contributed by atoms with van der Waals surface area (Å²) in [6, 6.07) is 0. The average Bonchev–Trinajstić information content (AvgIpc) is 2.34. The van der Waals surface area contributed by atoms with Crippen LogP contribution in [0.3, 0.4) is 0 Å². The first-order chi connectivity index (χ1) is 8.29. The molecule has 0 saturated heterocycles. The Morgan fingerprint density at radius 3 is 2.71 bits per heavy atom. The molecule has 17 heavy (non-hydrogen) atoms. The zero-order valence-corrected chi connectivity index (χ0v) is 11.0. The molecule has 4 nitrogen and oxygen atoms in total. The lowest BCUT2D eigenvalue weighted by molar-refractivity contribution is 0.283. The number of aliphatic hydroxyl groups excluding tert-OH is 1. The van der Waals surface area contributed by atoms with Crippen LogP contribution in [0.1, 0.15) is 38.2 Å². The van der Waals surface area contributed by atoms with Crippen molar-refractivity contribution >= 4 is 17.4 Å². The van der Waals surface area contributed by atoms with Gasteiger partial charge in [0.1, 0.15) is 17.3 Å². The van der Waals surface area contributed by atoms with Crippen LogP contribution in [0.2, 0.25) is 5.15 Å². The second-order valence-corrected chi connectivity index (χ2v) is 4.27. The number of anilines is 1. The summed E-state index contributed by atoms with van der Waals surface area (Å²) < 4.78 is 0. The van der Waals surface area contributed by atoms with Gasteiger partial charge >= 0.3 is 0 Å². The topological polar surface area (TPSA) is 58.0 Å². The second-order valence-electron chi connectivity index (χ2n) is 3.91. The van der Waals surface area contributed by atoms with Gasteiger partial charge in [0.05, 0.1) is 0 Å². The van der Waals surface area contributed by atoms with E-state index >= 15 is 0 Å². The van der Waals surface area contributed by atoms with E-state index in [1.165, 1.54) is 6.33 Å². The molecular formula is C12H20ClN3O. The van der Waals surface area contributed by atoms with Crippen LogP contribution >= 0.6 is 11.6 Å². The van der Waals surface area contributed by atoms with Crippen molar-refractivity contribution in [2.75, 3.05) is 18.5 Å². The number of unbranched alkanes of at least 4 members (excludes halogenated alkanes) is 3. The molecule has 0 aliphatic heterocycles. The molecule has 2 N–H and O–H groups in total. The highest BCUT2D eigenvalue weighted by Gasteiger charge is 2.06. The summed E-state index contributed by atoms with van der Waals surface area (Å²) in [7, 11) is 0. The Bertz CT molecular complexity index is 334. The van der Waals surface area contributed by atoms with E-state index in [0.717, 1.165) is 50.0 Å². The fraction of sp³-hybridized carbons (Fsp3) is 0.667. The molecule has 96 valence electrons. The molecule has 0 aromatic carbocycles. The van der Waals surface area contributed by atoms with Gasteiger partial charge in [-0.3, -0.25) is 0 Å². The third-order valence-electron chi connectivity index (χ3n) is 2.62. The number of rotatable bonds is 8. The second kappa shape index (κ2) is 8.25. The van der Waals surface area contributed by atoms with E-state index in [1.807, 2.05) is 6.92 Å². The fourth-order valence-electron chi connectivity index (χ4n) is 1.65. The van der Waals surface area contributed by atoms with Crippen molar-refractivity contribution in [3.8, 4) is 0 Å². The molecule has 1 rings (SSSR count). The summed E-state index contributed by atoms with van der Waals surface area (Å²) in [5.41, 5.74) is 0.976. The van der Waals surface area contributed by atoms with Crippen LogP contribution in [0.15, 0.2) is 6.33 Å². The number of nitrogens with zero attached hydrogens (tertiary/aromatic N) is 2. The summed E-state index contributed by atoms with van der Waals surface area (Å²) in [5.74, 6) is 0.842. The first-order valence-corrected chi connectivity index (χ1v) is 6.51. The third kappa shape index (κ3) is 4.88. The molecule has 0 amide bonds. The zero-order valence-electron chi connectivity index (χ0n) is 10.2. The molecule has 0 radical (unpaired) electrons. The molecule has 0 atom stereocenters. The van der Waals surface area contributed by atoms with E-state index in [-0.39, 0.29) is 6.61 Å². The van der Waals surface area contributed by atoms with Gasteiger partial charge in [0.2, 0.25) is 0 Å². The molecule has 1 heterocycles. The van der Waals surface area contributed by atoms with Gasteiger partial charge in [0.15, 0.2) is 0 Å². The molecule has 0 fully saturated rings. The normalized spacial score (nSPS) is 10.5. The molecule has 0 spiro atoms. The Morgan fingerprint density at radius 2 is 2.00 bits per heavy atom. The summed E-state index contributed by atoms with van der Waals surface area (Å²) in [6.07, 6.45) is 6.46. The quantitative estimate of drug-likeness (QED) is 0.555. The highest BCUT2D eigenvalue weighted by molar-refractivity contribution is 6.30. The number of hydrogen-bond donors (Lipinski definition) is 2. The molecule has 0 unspecified atom stereocenters. The summed E-state index contributed by atoms with van der Waals surface area (Å²) in [5, 5.41) is 12.5. The maximum absolute atomic E-state index is 8.65. The Hall–Kier alpha value is -0.870. The largest absolute Gasteiger partial charge is 0.396 e. The average molecular weight is 258 g/mol. The van der Waals surface area contributed by atoms with Gasteiger partial charge in [-0.1, -0.05) is 31.4 Å². The first kappa shape index (κ1) is 14.2. The highest BCUT2D eigenvalue weighted by Crippen LogP contribution is 2.20. The van der Waals surface area contributed by atoms with Gasteiger partial charge in [-0.15, -0.1) is 0 Å². The van der Waals surface area contributed by atoms with Gasteiger partial charge in [0.25, 0.3) is 0 Å². The van der Waals surface area contributed by atoms with Gasteiger partial charge < -0.3 is 10.4 Å². The van der Waals surface area contributed by atoms with E-state index in [2.05, 4.69) is 15.3 Å². The Kier molecular flexibility index (Phi) is 6.89. The smallest absolute Gasteiger partial charge is 0.137 e. The van der Waals surface area contributed by atoms with Crippen LogP contribution in [0.4, 0.5) is 5.82 Å². The molecule has 5 heteroatoms. The van der Waals surface area contributed by atoms with Gasteiger partial charge in [-0.05, 0) is 19.3 Å². The molecule has 1 aromatic heterocycles. The Labute approximate surface area is 107 Å². The van der Waals surface area contributed by atoms with E-state index in [4.69, 9.17) is 16.7 Å². The zero-order chi connectivity index (χ0) is 12.5. The van der Waals surface area contributed by atoms with Crippen molar-refractivity contribution in [3.63, 3.8) is 0 Å². The van der Waals surface area contributed by atoms with Crippen LogP contribution in [0, 0.1) is 0 Å². The van der Waals surface area contributed by atoms with E-state index in [0.29, 0.717) is 5.15 Å². The van der Waals surface area contributed by atoms with Crippen molar-refractivity contribution in [2.24, 2.45) is 0 Å². The van der Waals surface area contributed by atoms with Crippen LogP contribution in [-0.4, -0.2) is 28.2 Å². The van der Waals surface area contributed by atoms with Crippen molar-refractivity contribution in [2.45, 2.75) is 39.0 Å². The molecule has 0 saturated carbocycles. The van der Waals surface area contributed by atoms with Crippen molar-refractivity contribution in [1.29, 1.82) is 0 Å². The number of hydrogen-bond acceptors (Lipinski definition) is 4. The maximum Gasteiger partial charge on any atom is 0.137 e. The highest BCUT2D eigenvalue weighted by atomic mass is 35.5. The molecule has 0 aliphatic rings. The predicted octanol–water partition coefficient (Wildman–Crippen LogP) is 2.66.